The second-order valence-electron chi connectivity index (χ2n) is 5.36. The van der Waals surface area contributed by atoms with Gasteiger partial charge < -0.3 is 10.1 Å². The summed E-state index contributed by atoms with van der Waals surface area (Å²) in [6, 6.07) is 10.9. The maximum Gasteiger partial charge on any atom is 0.234 e. The van der Waals surface area contributed by atoms with E-state index in [-0.39, 0.29) is 11.4 Å². The fourth-order valence-corrected chi connectivity index (χ4v) is 2.83. The van der Waals surface area contributed by atoms with Crippen LogP contribution in [0.3, 0.4) is 0 Å². The zero-order valence-corrected chi connectivity index (χ0v) is 15.1. The van der Waals surface area contributed by atoms with Gasteiger partial charge in [0.1, 0.15) is 5.75 Å². The van der Waals surface area contributed by atoms with Crippen molar-refractivity contribution in [1.82, 2.24) is 15.2 Å². The normalized spacial score (nSPS) is 10.6. The first kappa shape index (κ1) is 18.8. The van der Waals surface area contributed by atoms with E-state index >= 15 is 0 Å². The van der Waals surface area contributed by atoms with Crippen LogP contribution < -0.4 is 10.1 Å². The van der Waals surface area contributed by atoms with Crippen molar-refractivity contribution >= 4 is 23.4 Å². The topological polar surface area (TPSA) is 79.9 Å². The van der Waals surface area contributed by atoms with E-state index in [1.807, 2.05) is 31.2 Å². The van der Waals surface area contributed by atoms with Crippen molar-refractivity contribution in [3.8, 4) is 17.1 Å². The summed E-state index contributed by atoms with van der Waals surface area (Å²) in [5, 5.41) is 9.54. The van der Waals surface area contributed by atoms with Gasteiger partial charge in [-0.3, -0.25) is 9.89 Å². The van der Waals surface area contributed by atoms with E-state index in [9.17, 15) is 13.6 Å². The first-order valence-corrected chi connectivity index (χ1v) is 9.07. The molecule has 3 aromatic rings. The lowest BCUT2D eigenvalue weighted by Crippen LogP contribution is -2.15. The third-order valence-electron chi connectivity index (χ3n) is 3.46. The van der Waals surface area contributed by atoms with E-state index in [4.69, 9.17) is 4.74 Å². The van der Waals surface area contributed by atoms with Gasteiger partial charge in [0, 0.05) is 5.56 Å². The number of nitrogens with zero attached hydrogens (tertiary/aromatic N) is 2. The minimum Gasteiger partial charge on any atom is -0.494 e. The number of nitrogens with one attached hydrogen (secondary N) is 2. The molecule has 9 heteroatoms. The van der Waals surface area contributed by atoms with Gasteiger partial charge in [-0.15, -0.1) is 5.10 Å². The first-order valence-electron chi connectivity index (χ1n) is 8.09. The molecule has 0 radical (unpaired) electrons. The number of aromatic amines is 1. The Morgan fingerprint density at radius 2 is 2.00 bits per heavy atom. The van der Waals surface area contributed by atoms with Crippen molar-refractivity contribution in [2.24, 2.45) is 0 Å². The van der Waals surface area contributed by atoms with E-state index in [0.717, 1.165) is 29.1 Å². The Morgan fingerprint density at radius 3 is 2.74 bits per heavy atom. The highest BCUT2D eigenvalue weighted by Crippen LogP contribution is 2.22. The molecule has 0 aliphatic rings. The van der Waals surface area contributed by atoms with Crippen LogP contribution in [0.4, 0.5) is 14.5 Å². The molecule has 2 aromatic carbocycles. The second-order valence-corrected chi connectivity index (χ2v) is 6.30. The summed E-state index contributed by atoms with van der Waals surface area (Å²) in [5.74, 6) is -1.33. The summed E-state index contributed by atoms with van der Waals surface area (Å²) in [4.78, 5) is 16.2. The molecule has 1 heterocycles. The SMILES string of the molecule is CCOc1ccc(-c2nc(SCC(=O)Nc3cccc(F)c3F)n[nH]2)cc1. The highest BCUT2D eigenvalue weighted by atomic mass is 32.2. The summed E-state index contributed by atoms with van der Waals surface area (Å²) >= 11 is 1.08. The number of carbonyl (C=O) groups is 1. The molecule has 6 nitrogen and oxygen atoms in total. The van der Waals surface area contributed by atoms with Crippen molar-refractivity contribution in [3.63, 3.8) is 0 Å². The first-order chi connectivity index (χ1) is 13.1. The number of carbonyl (C=O) groups excluding carboxylic acids is 1. The second kappa shape index (κ2) is 8.63. The average molecular weight is 390 g/mol. The molecule has 0 bridgehead atoms. The Hall–Kier alpha value is -2.94. The summed E-state index contributed by atoms with van der Waals surface area (Å²) in [6.45, 7) is 2.50. The minimum absolute atomic E-state index is 0.0451. The number of anilines is 1. The van der Waals surface area contributed by atoms with Crippen molar-refractivity contribution in [1.29, 1.82) is 0 Å². The van der Waals surface area contributed by atoms with Gasteiger partial charge in [-0.05, 0) is 43.3 Å². The number of rotatable bonds is 7. The van der Waals surface area contributed by atoms with Crippen LogP contribution in [-0.2, 0) is 4.79 Å². The monoisotopic (exact) mass is 390 g/mol. The number of halogens is 2. The van der Waals surface area contributed by atoms with E-state index in [1.54, 1.807) is 0 Å². The molecule has 1 amide bonds. The number of aromatic nitrogens is 3. The number of H-pyrrole nitrogens is 1. The summed E-state index contributed by atoms with van der Waals surface area (Å²) in [6.07, 6.45) is 0. The van der Waals surface area contributed by atoms with E-state index in [0.29, 0.717) is 17.6 Å². The molecule has 0 atom stereocenters. The third kappa shape index (κ3) is 4.82. The van der Waals surface area contributed by atoms with Crippen LogP contribution in [0.2, 0.25) is 0 Å². The predicted molar refractivity (Wildman–Crippen MR) is 98.7 cm³/mol. The molecule has 0 saturated heterocycles. The summed E-state index contributed by atoms with van der Waals surface area (Å²) < 4.78 is 32.1. The highest BCUT2D eigenvalue weighted by Gasteiger charge is 2.13. The van der Waals surface area contributed by atoms with Crippen LogP contribution in [0.5, 0.6) is 5.75 Å². The molecule has 27 heavy (non-hydrogen) atoms. The van der Waals surface area contributed by atoms with Gasteiger partial charge in [-0.2, -0.15) is 0 Å². The molecule has 0 fully saturated rings. The molecule has 3 rings (SSSR count). The lowest BCUT2D eigenvalue weighted by atomic mass is 10.2. The van der Waals surface area contributed by atoms with E-state index in [1.165, 1.54) is 12.1 Å². The molecular weight excluding hydrogens is 374 g/mol. The van der Waals surface area contributed by atoms with Crippen LogP contribution in [-0.4, -0.2) is 33.4 Å². The predicted octanol–water partition coefficient (Wildman–Crippen LogP) is 3.88. The molecule has 0 unspecified atom stereocenters. The Balaban J connectivity index is 1.57. The van der Waals surface area contributed by atoms with Gasteiger partial charge in [-0.25, -0.2) is 13.8 Å². The van der Waals surface area contributed by atoms with Crippen LogP contribution in [0.25, 0.3) is 11.4 Å². The van der Waals surface area contributed by atoms with E-state index < -0.39 is 17.5 Å². The van der Waals surface area contributed by atoms with Gasteiger partial charge >= 0.3 is 0 Å². The summed E-state index contributed by atoms with van der Waals surface area (Å²) in [7, 11) is 0. The number of hydrogen-bond acceptors (Lipinski definition) is 5. The van der Waals surface area contributed by atoms with Crippen LogP contribution >= 0.6 is 11.8 Å². The Kier molecular flexibility index (Phi) is 6.02. The van der Waals surface area contributed by atoms with Crippen molar-refractivity contribution < 1.29 is 18.3 Å². The molecule has 0 aliphatic carbocycles. The third-order valence-corrected chi connectivity index (χ3v) is 4.31. The molecule has 0 aliphatic heterocycles. The number of hydrogen-bond donors (Lipinski definition) is 2. The number of amides is 1. The fraction of sp³-hybridized carbons (Fsp3) is 0.167. The maximum absolute atomic E-state index is 13.6. The Morgan fingerprint density at radius 1 is 1.22 bits per heavy atom. The van der Waals surface area contributed by atoms with Crippen LogP contribution in [0.15, 0.2) is 47.6 Å². The minimum atomic E-state index is -1.09. The zero-order valence-electron chi connectivity index (χ0n) is 14.3. The van der Waals surface area contributed by atoms with Gasteiger partial charge in [0.15, 0.2) is 17.5 Å². The average Bonchev–Trinajstić information content (AvgIpc) is 3.14. The Labute approximate surface area is 158 Å². The molecule has 0 spiro atoms. The quantitative estimate of drug-likeness (QED) is 0.599. The van der Waals surface area contributed by atoms with Gasteiger partial charge in [0.25, 0.3) is 0 Å². The van der Waals surface area contributed by atoms with Crippen molar-refractivity contribution in [2.45, 2.75) is 12.1 Å². The summed E-state index contributed by atoms with van der Waals surface area (Å²) in [5.41, 5.74) is 0.620. The van der Waals surface area contributed by atoms with Gasteiger partial charge in [0.05, 0.1) is 18.0 Å². The molecule has 0 saturated carbocycles. The lowest BCUT2D eigenvalue weighted by Gasteiger charge is -2.05. The highest BCUT2D eigenvalue weighted by molar-refractivity contribution is 7.99. The lowest BCUT2D eigenvalue weighted by molar-refractivity contribution is -0.113. The van der Waals surface area contributed by atoms with Crippen LogP contribution in [0.1, 0.15) is 6.92 Å². The fourth-order valence-electron chi connectivity index (χ4n) is 2.23. The molecule has 2 N–H and O–H groups in total. The van der Waals surface area contributed by atoms with Crippen molar-refractivity contribution in [3.05, 3.63) is 54.1 Å². The largest absolute Gasteiger partial charge is 0.494 e. The van der Waals surface area contributed by atoms with E-state index in [2.05, 4.69) is 20.5 Å². The number of thioether (sulfide) groups is 1. The number of ether oxygens (including phenoxy) is 1. The molecular formula is C18H16F2N4O2S. The van der Waals surface area contributed by atoms with Gasteiger partial charge in [0.2, 0.25) is 11.1 Å². The smallest absolute Gasteiger partial charge is 0.234 e. The van der Waals surface area contributed by atoms with Gasteiger partial charge in [-0.1, -0.05) is 17.8 Å². The molecule has 140 valence electrons. The number of benzene rings is 2. The van der Waals surface area contributed by atoms with Crippen LogP contribution in [0, 0.1) is 11.6 Å². The standard InChI is InChI=1S/C18H16F2N4O2S/c1-2-26-12-8-6-11(7-9-12)17-22-18(24-23-17)27-10-15(25)21-14-5-3-4-13(19)16(14)20/h3-9H,2,10H2,1H3,(H,21,25)(H,22,23,24). The molecule has 1 aromatic heterocycles. The Bertz CT molecular complexity index is 931. The maximum atomic E-state index is 13.6. The zero-order chi connectivity index (χ0) is 19.2. The van der Waals surface area contributed by atoms with Crippen molar-refractivity contribution in [2.75, 3.05) is 17.7 Å².